The molecule has 8 nitrogen and oxygen atoms in total. The number of rotatable bonds is 5. The molecular weight excluding hydrogens is 382 g/mol. The first kappa shape index (κ1) is 19.6. The average molecular weight is 402 g/mol. The van der Waals surface area contributed by atoms with Crippen molar-refractivity contribution in [3.05, 3.63) is 57.1 Å². The molecular formula is C19H20ClN5O3. The Bertz CT molecular complexity index is 1100. The summed E-state index contributed by atoms with van der Waals surface area (Å²) in [6.07, 6.45) is 0. The number of aryl methyl sites for hydroxylation is 2. The minimum Gasteiger partial charge on any atom is -0.495 e. The maximum atomic E-state index is 12.5. The predicted octanol–water partition coefficient (Wildman–Crippen LogP) is 2.56. The number of nitrogens with one attached hydrogen (secondary N) is 1. The van der Waals surface area contributed by atoms with E-state index in [-0.39, 0.29) is 12.1 Å². The van der Waals surface area contributed by atoms with Crippen molar-refractivity contribution >= 4 is 23.2 Å². The number of nitrogens with zero attached hydrogens (tertiary/aromatic N) is 4. The first-order valence-corrected chi connectivity index (χ1v) is 8.90. The van der Waals surface area contributed by atoms with Crippen LogP contribution in [0.2, 0.25) is 5.02 Å². The van der Waals surface area contributed by atoms with Gasteiger partial charge in [0, 0.05) is 29.4 Å². The number of methoxy groups -OCH3 is 1. The third-order valence-corrected chi connectivity index (χ3v) is 4.60. The van der Waals surface area contributed by atoms with Crippen molar-refractivity contribution in [2.75, 3.05) is 12.4 Å². The van der Waals surface area contributed by atoms with E-state index in [1.165, 1.54) is 13.2 Å². The average Bonchev–Trinajstić information content (AvgIpc) is 2.89. The summed E-state index contributed by atoms with van der Waals surface area (Å²) in [4.78, 5) is 24.7. The third kappa shape index (κ3) is 3.91. The Kier molecular flexibility index (Phi) is 5.51. The first-order chi connectivity index (χ1) is 13.3. The van der Waals surface area contributed by atoms with E-state index in [9.17, 15) is 9.59 Å². The SMILES string of the molecule is COc1ccc(Cl)cc1NC(=O)Cn1nc(-c2c(C)nn(C)c2C)ccc1=O. The minimum absolute atomic E-state index is 0.249. The van der Waals surface area contributed by atoms with Gasteiger partial charge in [0.25, 0.3) is 5.56 Å². The van der Waals surface area contributed by atoms with Gasteiger partial charge in [-0.15, -0.1) is 0 Å². The molecule has 0 saturated heterocycles. The Morgan fingerprint density at radius 2 is 1.96 bits per heavy atom. The van der Waals surface area contributed by atoms with Crippen molar-refractivity contribution in [2.45, 2.75) is 20.4 Å². The van der Waals surface area contributed by atoms with Gasteiger partial charge in [0.1, 0.15) is 12.3 Å². The molecule has 2 aromatic heterocycles. The Balaban J connectivity index is 1.88. The van der Waals surface area contributed by atoms with Crippen molar-refractivity contribution in [1.82, 2.24) is 19.6 Å². The molecule has 0 unspecified atom stereocenters. The van der Waals surface area contributed by atoms with Crippen molar-refractivity contribution in [2.24, 2.45) is 7.05 Å². The third-order valence-electron chi connectivity index (χ3n) is 4.36. The van der Waals surface area contributed by atoms with E-state index >= 15 is 0 Å². The molecule has 28 heavy (non-hydrogen) atoms. The summed E-state index contributed by atoms with van der Waals surface area (Å²) in [6.45, 7) is 3.54. The second-order valence-electron chi connectivity index (χ2n) is 6.28. The van der Waals surface area contributed by atoms with Crippen LogP contribution in [0.4, 0.5) is 5.69 Å². The first-order valence-electron chi connectivity index (χ1n) is 8.52. The Labute approximate surface area is 166 Å². The lowest BCUT2D eigenvalue weighted by molar-refractivity contribution is -0.117. The number of benzene rings is 1. The molecule has 0 aliphatic rings. The van der Waals surface area contributed by atoms with Gasteiger partial charge >= 0.3 is 0 Å². The van der Waals surface area contributed by atoms with Gasteiger partial charge in [-0.1, -0.05) is 11.6 Å². The zero-order chi connectivity index (χ0) is 20.4. The highest BCUT2D eigenvalue weighted by Gasteiger charge is 2.16. The summed E-state index contributed by atoms with van der Waals surface area (Å²) < 4.78 is 8.08. The molecule has 3 rings (SSSR count). The number of ether oxygens (including phenoxy) is 1. The highest BCUT2D eigenvalue weighted by atomic mass is 35.5. The zero-order valence-corrected chi connectivity index (χ0v) is 16.7. The molecule has 146 valence electrons. The number of carbonyl (C=O) groups excluding carboxylic acids is 1. The van der Waals surface area contributed by atoms with E-state index in [1.54, 1.807) is 28.9 Å². The van der Waals surface area contributed by atoms with Crippen LogP contribution in [0.15, 0.2) is 35.1 Å². The second kappa shape index (κ2) is 7.85. The van der Waals surface area contributed by atoms with Crippen molar-refractivity contribution < 1.29 is 9.53 Å². The highest BCUT2D eigenvalue weighted by molar-refractivity contribution is 6.31. The standard InChI is InChI=1S/C19H20ClN5O3/c1-11-19(12(2)24(3)22-11)14-6-8-18(27)25(23-14)10-17(26)21-15-9-13(20)5-7-16(15)28-4/h5-9H,10H2,1-4H3,(H,21,26). The van der Waals surface area contributed by atoms with Crippen LogP contribution < -0.4 is 15.6 Å². The molecule has 0 atom stereocenters. The van der Waals surface area contributed by atoms with Gasteiger partial charge in [-0.2, -0.15) is 10.2 Å². The lowest BCUT2D eigenvalue weighted by atomic mass is 10.1. The number of anilines is 1. The summed E-state index contributed by atoms with van der Waals surface area (Å²) in [5.41, 5.74) is 3.18. The van der Waals surface area contributed by atoms with Gasteiger partial charge in [-0.3, -0.25) is 14.3 Å². The normalized spacial score (nSPS) is 10.8. The molecule has 1 amide bonds. The fourth-order valence-electron chi connectivity index (χ4n) is 2.94. The molecule has 1 aromatic carbocycles. The zero-order valence-electron chi connectivity index (χ0n) is 16.0. The number of halogens is 1. The maximum Gasteiger partial charge on any atom is 0.267 e. The number of aromatic nitrogens is 4. The topological polar surface area (TPSA) is 91.0 Å². The van der Waals surface area contributed by atoms with Crippen LogP contribution in [0, 0.1) is 13.8 Å². The predicted molar refractivity (Wildman–Crippen MR) is 107 cm³/mol. The van der Waals surface area contributed by atoms with Crippen LogP contribution in [0.5, 0.6) is 5.75 Å². The van der Waals surface area contributed by atoms with Crippen LogP contribution in [-0.2, 0) is 18.4 Å². The van der Waals surface area contributed by atoms with Crippen LogP contribution >= 0.6 is 11.6 Å². The van der Waals surface area contributed by atoms with Gasteiger partial charge in [0.15, 0.2) is 0 Å². The monoisotopic (exact) mass is 401 g/mol. The van der Waals surface area contributed by atoms with Gasteiger partial charge in [-0.25, -0.2) is 4.68 Å². The molecule has 2 heterocycles. The second-order valence-corrected chi connectivity index (χ2v) is 6.71. The summed E-state index contributed by atoms with van der Waals surface area (Å²) in [5, 5.41) is 11.9. The van der Waals surface area contributed by atoms with E-state index in [2.05, 4.69) is 15.5 Å². The lowest BCUT2D eigenvalue weighted by Gasteiger charge is -2.11. The molecule has 0 aliphatic heterocycles. The fraction of sp³-hybridized carbons (Fsp3) is 0.263. The fourth-order valence-corrected chi connectivity index (χ4v) is 3.12. The number of carbonyl (C=O) groups is 1. The quantitative estimate of drug-likeness (QED) is 0.709. The summed E-state index contributed by atoms with van der Waals surface area (Å²) in [5.74, 6) is 0.0420. The van der Waals surface area contributed by atoms with E-state index < -0.39 is 5.91 Å². The van der Waals surface area contributed by atoms with Gasteiger partial charge in [0.05, 0.1) is 24.2 Å². The van der Waals surface area contributed by atoms with Crippen LogP contribution in [0.25, 0.3) is 11.3 Å². The Morgan fingerprint density at radius 1 is 1.21 bits per heavy atom. The highest BCUT2D eigenvalue weighted by Crippen LogP contribution is 2.27. The van der Waals surface area contributed by atoms with Gasteiger partial charge in [-0.05, 0) is 38.1 Å². The molecule has 0 spiro atoms. The smallest absolute Gasteiger partial charge is 0.267 e. The molecule has 9 heteroatoms. The number of hydrogen-bond donors (Lipinski definition) is 1. The molecule has 0 radical (unpaired) electrons. The maximum absolute atomic E-state index is 12.5. The molecule has 0 saturated carbocycles. The summed E-state index contributed by atoms with van der Waals surface area (Å²) in [7, 11) is 3.33. The molecule has 1 N–H and O–H groups in total. The van der Waals surface area contributed by atoms with Gasteiger partial charge < -0.3 is 10.1 Å². The number of hydrogen-bond acceptors (Lipinski definition) is 5. The van der Waals surface area contributed by atoms with Crippen LogP contribution in [0.1, 0.15) is 11.4 Å². The van der Waals surface area contributed by atoms with Crippen molar-refractivity contribution in [3.63, 3.8) is 0 Å². The van der Waals surface area contributed by atoms with E-state index in [1.807, 2.05) is 20.9 Å². The Morgan fingerprint density at radius 3 is 2.61 bits per heavy atom. The molecule has 0 aliphatic carbocycles. The van der Waals surface area contributed by atoms with Crippen molar-refractivity contribution in [1.29, 1.82) is 0 Å². The van der Waals surface area contributed by atoms with Crippen molar-refractivity contribution in [3.8, 4) is 17.0 Å². The molecule has 0 fully saturated rings. The van der Waals surface area contributed by atoms with Crippen LogP contribution in [-0.4, -0.2) is 32.6 Å². The summed E-state index contributed by atoms with van der Waals surface area (Å²) in [6, 6.07) is 7.91. The summed E-state index contributed by atoms with van der Waals surface area (Å²) >= 11 is 5.98. The molecule has 3 aromatic rings. The largest absolute Gasteiger partial charge is 0.495 e. The van der Waals surface area contributed by atoms with E-state index in [0.717, 1.165) is 21.6 Å². The van der Waals surface area contributed by atoms with E-state index in [0.29, 0.717) is 22.2 Å². The van der Waals surface area contributed by atoms with E-state index in [4.69, 9.17) is 16.3 Å². The van der Waals surface area contributed by atoms with Crippen LogP contribution in [0.3, 0.4) is 0 Å². The lowest BCUT2D eigenvalue weighted by Crippen LogP contribution is -2.29. The van der Waals surface area contributed by atoms with Gasteiger partial charge in [0.2, 0.25) is 5.91 Å². The molecule has 0 bridgehead atoms. The Hall–Kier alpha value is -3.13. The minimum atomic E-state index is -0.424. The number of amides is 1.